The summed E-state index contributed by atoms with van der Waals surface area (Å²) in [6, 6.07) is 16.3. The van der Waals surface area contributed by atoms with Gasteiger partial charge < -0.3 is 19.7 Å². The lowest BCUT2D eigenvalue weighted by molar-refractivity contribution is -0.126. The summed E-state index contributed by atoms with van der Waals surface area (Å²) in [5.41, 5.74) is 2.32. The molecule has 0 bridgehead atoms. The van der Waals surface area contributed by atoms with Gasteiger partial charge >= 0.3 is 0 Å². The van der Waals surface area contributed by atoms with Gasteiger partial charge in [-0.2, -0.15) is 0 Å². The van der Waals surface area contributed by atoms with E-state index >= 15 is 0 Å². The molecule has 0 spiro atoms. The Morgan fingerprint density at radius 2 is 1.74 bits per heavy atom. The molecule has 4 rings (SSSR count). The number of carbonyl (C=O) groups is 2. The number of hydrogen-bond donors (Lipinski definition) is 1. The number of hydrogen-bond acceptors (Lipinski definition) is 5. The Labute approximate surface area is 210 Å². The molecule has 1 saturated carbocycles. The molecule has 1 fully saturated rings. The average Bonchev–Trinajstić information content (AvgIpc) is 3.58. The van der Waals surface area contributed by atoms with Crippen molar-refractivity contribution in [2.45, 2.75) is 51.2 Å². The molecule has 1 N–H and O–H groups in total. The SMILES string of the molecule is COc1ccc(C(=O)N(Cc2cccs2)[C@H](C(=O)NC2CCCC2)c2ccc(C)cc2)cc1OC. The van der Waals surface area contributed by atoms with Gasteiger partial charge in [-0.25, -0.2) is 0 Å². The second kappa shape index (κ2) is 11.4. The van der Waals surface area contributed by atoms with Gasteiger partial charge in [0.2, 0.25) is 5.91 Å². The molecule has 3 aromatic rings. The largest absolute Gasteiger partial charge is 0.493 e. The lowest BCUT2D eigenvalue weighted by Gasteiger charge is -2.32. The number of aryl methyl sites for hydroxylation is 1. The van der Waals surface area contributed by atoms with Gasteiger partial charge in [0.15, 0.2) is 11.5 Å². The Morgan fingerprint density at radius 1 is 1.03 bits per heavy atom. The molecule has 0 radical (unpaired) electrons. The summed E-state index contributed by atoms with van der Waals surface area (Å²) in [6.07, 6.45) is 4.18. The molecule has 1 atom stereocenters. The third kappa shape index (κ3) is 5.85. The van der Waals surface area contributed by atoms with E-state index in [1.807, 2.05) is 48.7 Å². The van der Waals surface area contributed by atoms with Crippen LogP contribution in [0.2, 0.25) is 0 Å². The first-order valence-corrected chi connectivity index (χ1v) is 12.8. The van der Waals surface area contributed by atoms with Crippen molar-refractivity contribution in [1.82, 2.24) is 10.2 Å². The minimum Gasteiger partial charge on any atom is -0.493 e. The van der Waals surface area contributed by atoms with Crippen LogP contribution in [0.4, 0.5) is 0 Å². The number of amides is 2. The predicted octanol–water partition coefficient (Wildman–Crippen LogP) is 5.52. The molecule has 0 unspecified atom stereocenters. The van der Waals surface area contributed by atoms with Crippen molar-refractivity contribution in [3.63, 3.8) is 0 Å². The summed E-state index contributed by atoms with van der Waals surface area (Å²) in [7, 11) is 3.10. The molecular weight excluding hydrogens is 460 g/mol. The van der Waals surface area contributed by atoms with E-state index in [-0.39, 0.29) is 17.9 Å². The minimum absolute atomic E-state index is 0.147. The Bertz CT molecular complexity index is 1140. The second-order valence-electron chi connectivity index (χ2n) is 8.89. The van der Waals surface area contributed by atoms with Crippen LogP contribution in [0.1, 0.15) is 58.1 Å². The summed E-state index contributed by atoms with van der Waals surface area (Å²) in [5, 5.41) is 5.21. The third-order valence-corrected chi connectivity index (χ3v) is 7.31. The molecule has 184 valence electrons. The number of nitrogens with one attached hydrogen (secondary N) is 1. The number of rotatable bonds is 9. The zero-order chi connectivity index (χ0) is 24.8. The predicted molar refractivity (Wildman–Crippen MR) is 138 cm³/mol. The van der Waals surface area contributed by atoms with E-state index in [9.17, 15) is 9.59 Å². The molecule has 1 aliphatic carbocycles. The highest BCUT2D eigenvalue weighted by Crippen LogP contribution is 2.32. The third-order valence-electron chi connectivity index (χ3n) is 6.45. The minimum atomic E-state index is -0.765. The van der Waals surface area contributed by atoms with Crippen molar-refractivity contribution >= 4 is 23.2 Å². The van der Waals surface area contributed by atoms with Crippen LogP contribution in [0.25, 0.3) is 0 Å². The Morgan fingerprint density at radius 3 is 2.37 bits per heavy atom. The first kappa shape index (κ1) is 24.8. The number of methoxy groups -OCH3 is 2. The van der Waals surface area contributed by atoms with E-state index in [2.05, 4.69) is 5.32 Å². The van der Waals surface area contributed by atoms with Crippen LogP contribution in [-0.4, -0.2) is 37.0 Å². The highest BCUT2D eigenvalue weighted by atomic mass is 32.1. The molecule has 35 heavy (non-hydrogen) atoms. The van der Waals surface area contributed by atoms with Gasteiger partial charge in [-0.15, -0.1) is 11.3 Å². The zero-order valence-corrected chi connectivity index (χ0v) is 21.3. The van der Waals surface area contributed by atoms with Crippen molar-refractivity contribution in [2.24, 2.45) is 0 Å². The van der Waals surface area contributed by atoms with Crippen LogP contribution in [0.15, 0.2) is 60.0 Å². The Kier molecular flexibility index (Phi) is 8.08. The molecule has 0 saturated heterocycles. The maximum absolute atomic E-state index is 14.0. The fourth-order valence-electron chi connectivity index (χ4n) is 4.56. The van der Waals surface area contributed by atoms with Gasteiger partial charge in [0, 0.05) is 16.5 Å². The van der Waals surface area contributed by atoms with Crippen molar-refractivity contribution in [2.75, 3.05) is 14.2 Å². The van der Waals surface area contributed by atoms with Crippen LogP contribution in [0, 0.1) is 6.92 Å². The first-order chi connectivity index (χ1) is 17.0. The Balaban J connectivity index is 1.75. The fourth-order valence-corrected chi connectivity index (χ4v) is 5.26. The molecule has 2 aromatic carbocycles. The molecule has 0 aliphatic heterocycles. The molecule has 1 heterocycles. The van der Waals surface area contributed by atoms with Crippen LogP contribution in [0.3, 0.4) is 0 Å². The number of benzene rings is 2. The molecule has 6 nitrogen and oxygen atoms in total. The van der Waals surface area contributed by atoms with Gasteiger partial charge in [-0.1, -0.05) is 48.7 Å². The monoisotopic (exact) mass is 492 g/mol. The van der Waals surface area contributed by atoms with E-state index in [0.717, 1.165) is 41.7 Å². The lowest BCUT2D eigenvalue weighted by Crippen LogP contribution is -2.45. The van der Waals surface area contributed by atoms with Crippen LogP contribution >= 0.6 is 11.3 Å². The summed E-state index contributed by atoms with van der Waals surface area (Å²) in [5.74, 6) is 0.622. The maximum atomic E-state index is 14.0. The maximum Gasteiger partial charge on any atom is 0.255 e. The smallest absolute Gasteiger partial charge is 0.255 e. The highest BCUT2D eigenvalue weighted by Gasteiger charge is 2.34. The summed E-state index contributed by atoms with van der Waals surface area (Å²) in [4.78, 5) is 30.5. The standard InChI is InChI=1S/C28H32N2O4S/c1-19-10-12-20(13-11-19)26(27(31)29-22-7-4-5-8-22)30(18-23-9-6-16-35-23)28(32)21-14-15-24(33-2)25(17-21)34-3/h6,9-17,22,26H,4-5,7-8,18H2,1-3H3,(H,29,31)/t26-/m0/s1. The van der Waals surface area contributed by atoms with Crippen molar-refractivity contribution in [3.8, 4) is 11.5 Å². The summed E-state index contributed by atoms with van der Waals surface area (Å²) in [6.45, 7) is 2.33. The molecule has 1 aromatic heterocycles. The topological polar surface area (TPSA) is 67.9 Å². The molecule has 2 amide bonds. The van der Waals surface area contributed by atoms with Gasteiger partial charge in [0.1, 0.15) is 6.04 Å². The molecule has 7 heteroatoms. The highest BCUT2D eigenvalue weighted by molar-refractivity contribution is 7.09. The van der Waals surface area contributed by atoms with Gasteiger partial charge in [-0.05, 0) is 55.0 Å². The molecular formula is C28H32N2O4S. The quantitative estimate of drug-likeness (QED) is 0.427. The summed E-state index contributed by atoms with van der Waals surface area (Å²) < 4.78 is 10.8. The van der Waals surface area contributed by atoms with Crippen LogP contribution in [-0.2, 0) is 11.3 Å². The van der Waals surface area contributed by atoms with E-state index < -0.39 is 6.04 Å². The van der Waals surface area contributed by atoms with E-state index in [1.54, 1.807) is 48.7 Å². The van der Waals surface area contributed by atoms with Crippen LogP contribution < -0.4 is 14.8 Å². The number of ether oxygens (including phenoxy) is 2. The van der Waals surface area contributed by atoms with E-state index in [1.165, 1.54) is 0 Å². The van der Waals surface area contributed by atoms with Gasteiger partial charge in [-0.3, -0.25) is 9.59 Å². The van der Waals surface area contributed by atoms with E-state index in [4.69, 9.17) is 9.47 Å². The Hall–Kier alpha value is -3.32. The van der Waals surface area contributed by atoms with Crippen molar-refractivity contribution in [1.29, 1.82) is 0 Å². The first-order valence-electron chi connectivity index (χ1n) is 11.9. The number of thiophene rings is 1. The second-order valence-corrected chi connectivity index (χ2v) is 9.92. The van der Waals surface area contributed by atoms with E-state index in [0.29, 0.717) is 23.6 Å². The lowest BCUT2D eigenvalue weighted by atomic mass is 10.0. The number of carbonyl (C=O) groups excluding carboxylic acids is 2. The van der Waals surface area contributed by atoms with Gasteiger partial charge in [0.05, 0.1) is 20.8 Å². The summed E-state index contributed by atoms with van der Waals surface area (Å²) >= 11 is 1.57. The van der Waals surface area contributed by atoms with Gasteiger partial charge in [0.25, 0.3) is 5.91 Å². The zero-order valence-electron chi connectivity index (χ0n) is 20.5. The number of nitrogens with zero attached hydrogens (tertiary/aromatic N) is 1. The fraction of sp³-hybridized carbons (Fsp3) is 0.357. The normalized spacial score (nSPS) is 14.4. The van der Waals surface area contributed by atoms with Crippen molar-refractivity contribution < 1.29 is 19.1 Å². The van der Waals surface area contributed by atoms with Crippen molar-refractivity contribution in [3.05, 3.63) is 81.5 Å². The molecule has 1 aliphatic rings. The average molecular weight is 493 g/mol. The van der Waals surface area contributed by atoms with Crippen LogP contribution in [0.5, 0.6) is 11.5 Å².